The number of rotatable bonds is 2. The molecule has 2 saturated heterocycles. The lowest BCUT2D eigenvalue weighted by molar-refractivity contribution is -0.217. The Morgan fingerprint density at radius 3 is 2.79 bits per heavy atom. The second-order valence-electron chi connectivity index (χ2n) is 10.8. The van der Waals surface area contributed by atoms with Crippen molar-refractivity contribution in [3.05, 3.63) is 11.1 Å². The van der Waals surface area contributed by atoms with Crippen LogP contribution in [-0.2, 0) is 9.53 Å². The predicted octanol–water partition coefficient (Wildman–Crippen LogP) is 2.12. The molecule has 4 fully saturated rings. The van der Waals surface area contributed by atoms with Gasteiger partial charge in [-0.1, -0.05) is 18.1 Å². The van der Waals surface area contributed by atoms with Crippen molar-refractivity contribution < 1.29 is 19.7 Å². The summed E-state index contributed by atoms with van der Waals surface area (Å²) in [6, 6.07) is 0.0468. The van der Waals surface area contributed by atoms with Crippen LogP contribution in [0.3, 0.4) is 0 Å². The Hall–Kier alpha value is -0.910. The van der Waals surface area contributed by atoms with Crippen molar-refractivity contribution in [1.29, 1.82) is 0 Å². The summed E-state index contributed by atoms with van der Waals surface area (Å²) < 4.78 is 5.26. The number of hydrogen-bond acceptors (Lipinski definition) is 5. The Kier molecular flexibility index (Phi) is 3.46. The molecule has 2 heterocycles. The standard InChI is InChI=1S/C23H33NO4/c1-13-10-24-11-15-5-3-14-4-6-16-17(19(26)28-2)9-22(18(14)16)20(24)23(13,27)8-7-21(15,22)12-25/h13,15-17,20,25,27H,3-12H2,1-2H3. The molecule has 0 radical (unpaired) electrons. The average Bonchev–Trinajstić information content (AvgIpc) is 3.31. The fourth-order valence-corrected chi connectivity index (χ4v) is 9.42. The molecular formula is C23H33NO4. The van der Waals surface area contributed by atoms with Crippen LogP contribution >= 0.6 is 0 Å². The van der Waals surface area contributed by atoms with E-state index in [-0.39, 0.29) is 47.2 Å². The molecule has 4 aliphatic carbocycles. The summed E-state index contributed by atoms with van der Waals surface area (Å²) in [6.07, 6.45) is 6.82. The van der Waals surface area contributed by atoms with Gasteiger partial charge in [0.05, 0.1) is 18.6 Å². The molecule has 154 valence electrons. The third-order valence-corrected chi connectivity index (χ3v) is 10.4. The zero-order valence-corrected chi connectivity index (χ0v) is 17.1. The van der Waals surface area contributed by atoms with Crippen molar-refractivity contribution in [2.45, 2.75) is 63.5 Å². The number of hydrogen-bond donors (Lipinski definition) is 2. The lowest BCUT2D eigenvalue weighted by Crippen LogP contribution is -2.73. The van der Waals surface area contributed by atoms with E-state index in [1.54, 1.807) is 5.57 Å². The normalized spacial score (nSPS) is 53.9. The molecule has 2 aliphatic heterocycles. The molecule has 4 bridgehead atoms. The van der Waals surface area contributed by atoms with Gasteiger partial charge in [0.25, 0.3) is 0 Å². The molecule has 0 aromatic rings. The molecule has 0 aromatic heterocycles. The first-order chi connectivity index (χ1) is 13.4. The Balaban J connectivity index is 1.64. The van der Waals surface area contributed by atoms with Crippen molar-refractivity contribution in [3.63, 3.8) is 0 Å². The quantitative estimate of drug-likeness (QED) is 0.561. The van der Waals surface area contributed by atoms with Gasteiger partial charge in [0.1, 0.15) is 0 Å². The number of carbonyl (C=O) groups is 1. The minimum Gasteiger partial charge on any atom is -0.469 e. The highest BCUT2D eigenvalue weighted by molar-refractivity contribution is 5.75. The van der Waals surface area contributed by atoms with Gasteiger partial charge in [-0.25, -0.2) is 0 Å². The summed E-state index contributed by atoms with van der Waals surface area (Å²) in [7, 11) is 1.51. The fourth-order valence-electron chi connectivity index (χ4n) is 9.42. The number of piperidine rings is 1. The molecule has 0 amide bonds. The van der Waals surface area contributed by atoms with E-state index in [1.807, 2.05) is 0 Å². The number of allylic oxidation sites excluding steroid dienone is 1. The van der Waals surface area contributed by atoms with Crippen molar-refractivity contribution >= 4 is 5.97 Å². The van der Waals surface area contributed by atoms with Gasteiger partial charge >= 0.3 is 5.97 Å². The maximum absolute atomic E-state index is 12.8. The number of esters is 1. The topological polar surface area (TPSA) is 70.0 Å². The summed E-state index contributed by atoms with van der Waals surface area (Å²) in [6.45, 7) is 4.32. The number of nitrogens with zero attached hydrogens (tertiary/aromatic N) is 1. The molecule has 28 heavy (non-hydrogen) atoms. The number of aliphatic hydroxyl groups is 2. The number of methoxy groups -OCH3 is 1. The molecule has 2 saturated carbocycles. The second kappa shape index (κ2) is 5.41. The molecule has 8 unspecified atom stereocenters. The van der Waals surface area contributed by atoms with Crippen molar-refractivity contribution in [2.75, 3.05) is 26.8 Å². The van der Waals surface area contributed by atoms with Gasteiger partial charge in [0.2, 0.25) is 0 Å². The molecule has 2 N–H and O–H groups in total. The van der Waals surface area contributed by atoms with Crippen LogP contribution in [0.4, 0.5) is 0 Å². The summed E-state index contributed by atoms with van der Waals surface area (Å²) in [5.74, 6) is 0.749. The molecule has 5 nitrogen and oxygen atoms in total. The third kappa shape index (κ3) is 1.68. The van der Waals surface area contributed by atoms with Crippen LogP contribution in [0, 0.1) is 34.5 Å². The van der Waals surface area contributed by atoms with Crippen molar-refractivity contribution in [3.8, 4) is 0 Å². The summed E-state index contributed by atoms with van der Waals surface area (Å²) in [5, 5.41) is 22.9. The Morgan fingerprint density at radius 2 is 2.04 bits per heavy atom. The zero-order valence-electron chi connectivity index (χ0n) is 17.1. The van der Waals surface area contributed by atoms with Gasteiger partial charge in [-0.3, -0.25) is 9.69 Å². The van der Waals surface area contributed by atoms with Gasteiger partial charge in [0.15, 0.2) is 0 Å². The zero-order chi connectivity index (χ0) is 19.5. The van der Waals surface area contributed by atoms with E-state index in [2.05, 4.69) is 11.8 Å². The second-order valence-corrected chi connectivity index (χ2v) is 10.8. The molecule has 6 aliphatic rings. The smallest absolute Gasteiger partial charge is 0.309 e. The van der Waals surface area contributed by atoms with Gasteiger partial charge < -0.3 is 14.9 Å². The van der Waals surface area contributed by atoms with E-state index >= 15 is 0 Å². The van der Waals surface area contributed by atoms with E-state index in [4.69, 9.17) is 4.74 Å². The van der Waals surface area contributed by atoms with Gasteiger partial charge in [-0.15, -0.1) is 0 Å². The van der Waals surface area contributed by atoms with E-state index < -0.39 is 5.60 Å². The predicted molar refractivity (Wildman–Crippen MR) is 103 cm³/mol. The van der Waals surface area contributed by atoms with Crippen LogP contribution in [0.2, 0.25) is 0 Å². The van der Waals surface area contributed by atoms with E-state index in [0.717, 1.165) is 58.0 Å². The van der Waals surface area contributed by atoms with Crippen LogP contribution in [0.25, 0.3) is 0 Å². The Morgan fingerprint density at radius 1 is 1.25 bits per heavy atom. The Labute approximate surface area is 167 Å². The van der Waals surface area contributed by atoms with Crippen molar-refractivity contribution in [2.24, 2.45) is 34.5 Å². The largest absolute Gasteiger partial charge is 0.469 e. The van der Waals surface area contributed by atoms with Crippen LogP contribution in [0.15, 0.2) is 11.1 Å². The highest BCUT2D eigenvalue weighted by Crippen LogP contribution is 2.77. The molecule has 1 spiro atoms. The highest BCUT2D eigenvalue weighted by Gasteiger charge is 2.78. The maximum atomic E-state index is 12.8. The first-order valence-corrected chi connectivity index (χ1v) is 11.3. The number of ether oxygens (including phenoxy) is 1. The molecule has 6 rings (SSSR count). The van der Waals surface area contributed by atoms with Crippen LogP contribution in [0.5, 0.6) is 0 Å². The first-order valence-electron chi connectivity index (χ1n) is 11.3. The van der Waals surface area contributed by atoms with Crippen LogP contribution in [-0.4, -0.2) is 59.5 Å². The minimum absolute atomic E-state index is 0.0468. The lowest BCUT2D eigenvalue weighted by atomic mass is 9.42. The maximum Gasteiger partial charge on any atom is 0.309 e. The average molecular weight is 388 g/mol. The van der Waals surface area contributed by atoms with Gasteiger partial charge in [-0.05, 0) is 62.7 Å². The summed E-state index contributed by atoms with van der Waals surface area (Å²) in [4.78, 5) is 15.4. The van der Waals surface area contributed by atoms with Crippen LogP contribution < -0.4 is 0 Å². The monoisotopic (exact) mass is 387 g/mol. The van der Waals surface area contributed by atoms with E-state index in [1.165, 1.54) is 12.7 Å². The molecular weight excluding hydrogens is 354 g/mol. The summed E-state index contributed by atoms with van der Waals surface area (Å²) >= 11 is 0. The minimum atomic E-state index is -0.704. The summed E-state index contributed by atoms with van der Waals surface area (Å²) in [5.41, 5.74) is 1.90. The number of aliphatic hydroxyl groups excluding tert-OH is 1. The molecule has 0 aromatic carbocycles. The van der Waals surface area contributed by atoms with E-state index in [0.29, 0.717) is 5.92 Å². The van der Waals surface area contributed by atoms with E-state index in [9.17, 15) is 15.0 Å². The first kappa shape index (κ1) is 17.9. The molecule has 5 heteroatoms. The molecule has 8 atom stereocenters. The fraction of sp³-hybridized carbons (Fsp3) is 0.870. The highest BCUT2D eigenvalue weighted by atomic mass is 16.5. The van der Waals surface area contributed by atoms with Gasteiger partial charge in [0, 0.05) is 36.6 Å². The van der Waals surface area contributed by atoms with Crippen LogP contribution in [0.1, 0.15) is 51.9 Å². The Bertz CT molecular complexity index is 779. The van der Waals surface area contributed by atoms with Crippen molar-refractivity contribution in [1.82, 2.24) is 4.90 Å². The SMILES string of the molecule is COC(=O)C1CC23C4=C(CCC41)CCC1CN4CC(C)C(O)(CCC12CO)C43. The lowest BCUT2D eigenvalue weighted by Gasteiger charge is -2.67. The van der Waals surface area contributed by atoms with Gasteiger partial charge in [-0.2, -0.15) is 0 Å². The third-order valence-electron chi connectivity index (χ3n) is 10.4. The number of carbonyl (C=O) groups excluding carboxylic acids is 1.